The number of hydrogen-bond donors (Lipinski definition) is 1. The quantitative estimate of drug-likeness (QED) is 0.767. The van der Waals surface area contributed by atoms with Crippen LogP contribution in [0.1, 0.15) is 47.6 Å². The van der Waals surface area contributed by atoms with E-state index in [0.717, 1.165) is 34.6 Å². The number of fused-ring (bicyclic) bond motifs is 2. The van der Waals surface area contributed by atoms with Crippen LogP contribution in [0.4, 0.5) is 13.6 Å². The van der Waals surface area contributed by atoms with Crippen molar-refractivity contribution in [1.82, 2.24) is 15.2 Å². The highest BCUT2D eigenvalue weighted by Crippen LogP contribution is 2.35. The van der Waals surface area contributed by atoms with E-state index in [0.29, 0.717) is 36.7 Å². The molecule has 33 heavy (non-hydrogen) atoms. The van der Waals surface area contributed by atoms with Crippen LogP contribution in [0.5, 0.6) is 5.75 Å². The van der Waals surface area contributed by atoms with Gasteiger partial charge in [-0.1, -0.05) is 18.2 Å². The highest BCUT2D eigenvalue weighted by molar-refractivity contribution is 6.09. The topological polar surface area (TPSA) is 83.9 Å². The maximum Gasteiger partial charge on any atom is 0.323 e. The summed E-state index contributed by atoms with van der Waals surface area (Å²) in [5, 5.41) is 2.59. The zero-order chi connectivity index (χ0) is 23.0. The van der Waals surface area contributed by atoms with Crippen LogP contribution < -0.4 is 10.1 Å². The summed E-state index contributed by atoms with van der Waals surface area (Å²) in [6, 6.07) is 9.12. The van der Waals surface area contributed by atoms with E-state index in [1.165, 1.54) is 0 Å². The molecule has 0 saturated carbocycles. The number of carbonyl (C=O) groups excluding carboxylic acids is 2. The summed E-state index contributed by atoms with van der Waals surface area (Å²) in [4.78, 5) is 34.7. The smallest absolute Gasteiger partial charge is 0.323 e. The first-order valence-corrected chi connectivity index (χ1v) is 11.1. The number of nitrogens with one attached hydrogen (secondary N) is 1. The van der Waals surface area contributed by atoms with Crippen molar-refractivity contribution < 1.29 is 23.1 Å². The third-order valence-electron chi connectivity index (χ3n) is 6.23. The Morgan fingerprint density at radius 3 is 2.88 bits per heavy atom. The third kappa shape index (κ3) is 4.58. The Labute approximate surface area is 189 Å². The number of amidine groups is 1. The van der Waals surface area contributed by atoms with Crippen molar-refractivity contribution in [2.24, 2.45) is 4.99 Å². The van der Waals surface area contributed by atoms with E-state index in [9.17, 15) is 18.4 Å². The molecule has 1 aromatic carbocycles. The number of Topliss-reactive ketones (excluding diaryl/α,β-unsaturated/α-hetero) is 1. The molecule has 3 aliphatic rings. The van der Waals surface area contributed by atoms with Gasteiger partial charge in [-0.3, -0.25) is 20.1 Å². The van der Waals surface area contributed by atoms with Gasteiger partial charge in [0.05, 0.1) is 26.2 Å². The summed E-state index contributed by atoms with van der Waals surface area (Å²) in [5.74, 6) is -1.40. The number of aliphatic imine (C=N–C) groups is 1. The highest BCUT2D eigenvalue weighted by atomic mass is 19.3. The van der Waals surface area contributed by atoms with Gasteiger partial charge in [0.2, 0.25) is 0 Å². The van der Waals surface area contributed by atoms with Gasteiger partial charge in [0.15, 0.2) is 0 Å². The number of benzene rings is 1. The van der Waals surface area contributed by atoms with E-state index < -0.39 is 25.0 Å². The fraction of sp³-hybridized carbons (Fsp3) is 0.417. The summed E-state index contributed by atoms with van der Waals surface area (Å²) < 4.78 is 31.8. The molecule has 1 aromatic heterocycles. The van der Waals surface area contributed by atoms with Crippen LogP contribution in [0.15, 0.2) is 41.5 Å². The number of ether oxygens (including phenoxy) is 1. The molecule has 0 aliphatic carbocycles. The average Bonchev–Trinajstić information content (AvgIpc) is 3.04. The number of urea groups is 1. The second-order valence-corrected chi connectivity index (χ2v) is 8.78. The third-order valence-corrected chi connectivity index (χ3v) is 6.23. The predicted octanol–water partition coefficient (Wildman–Crippen LogP) is 3.46. The molecular formula is C24H24F2N4O3. The highest BCUT2D eigenvalue weighted by Gasteiger charge is 2.46. The fourth-order valence-electron chi connectivity index (χ4n) is 4.56. The molecule has 172 valence electrons. The maximum absolute atomic E-state index is 13.0. The van der Waals surface area contributed by atoms with Crippen molar-refractivity contribution >= 4 is 17.6 Å². The molecule has 0 radical (unpaired) electrons. The molecule has 5 rings (SSSR count). The number of halogens is 2. The number of amides is 2. The van der Waals surface area contributed by atoms with Crippen molar-refractivity contribution in [2.45, 2.75) is 44.1 Å². The molecular weight excluding hydrogens is 430 g/mol. The number of alkyl halides is 2. The Hall–Kier alpha value is -3.36. The molecule has 9 heteroatoms. The van der Waals surface area contributed by atoms with Crippen LogP contribution in [0.25, 0.3) is 0 Å². The van der Waals surface area contributed by atoms with Gasteiger partial charge in [-0.15, -0.1) is 0 Å². The van der Waals surface area contributed by atoms with E-state index >= 15 is 0 Å². The number of para-hydroxylation sites is 1. The lowest BCUT2D eigenvalue weighted by molar-refractivity contribution is -0.118. The van der Waals surface area contributed by atoms with E-state index in [1.807, 2.05) is 30.3 Å². The molecule has 0 bridgehead atoms. The largest absolute Gasteiger partial charge is 0.493 e. The minimum absolute atomic E-state index is 0.107. The molecule has 0 unspecified atom stereocenters. The second kappa shape index (κ2) is 8.53. The molecule has 0 spiro atoms. The van der Waals surface area contributed by atoms with E-state index in [4.69, 9.17) is 4.74 Å². The van der Waals surface area contributed by atoms with Crippen molar-refractivity contribution in [3.8, 4) is 5.75 Å². The summed E-state index contributed by atoms with van der Waals surface area (Å²) in [6.07, 6.45) is 4.04. The normalized spacial score (nSPS) is 20.5. The van der Waals surface area contributed by atoms with Crippen LogP contribution in [-0.2, 0) is 17.8 Å². The predicted molar refractivity (Wildman–Crippen MR) is 117 cm³/mol. The summed E-state index contributed by atoms with van der Waals surface area (Å²) >= 11 is 0. The Balaban J connectivity index is 1.20. The fourth-order valence-corrected chi connectivity index (χ4v) is 4.56. The molecule has 1 fully saturated rings. The van der Waals surface area contributed by atoms with E-state index in [2.05, 4.69) is 15.3 Å². The average molecular weight is 454 g/mol. The summed E-state index contributed by atoms with van der Waals surface area (Å²) in [5.41, 5.74) is 3.24. The molecule has 1 N–H and O–H groups in total. The van der Waals surface area contributed by atoms with Gasteiger partial charge in [-0.25, -0.2) is 13.6 Å². The van der Waals surface area contributed by atoms with Crippen LogP contribution >= 0.6 is 0 Å². The first kappa shape index (κ1) is 21.5. The molecule has 1 atom stereocenters. The molecule has 1 saturated heterocycles. The van der Waals surface area contributed by atoms with Gasteiger partial charge < -0.3 is 9.64 Å². The summed E-state index contributed by atoms with van der Waals surface area (Å²) in [7, 11) is 0. The van der Waals surface area contributed by atoms with E-state index in [1.54, 1.807) is 6.20 Å². The number of rotatable bonds is 4. The minimum Gasteiger partial charge on any atom is -0.493 e. The van der Waals surface area contributed by atoms with Crippen molar-refractivity contribution in [2.75, 3.05) is 19.7 Å². The zero-order valence-corrected chi connectivity index (χ0v) is 18.0. The van der Waals surface area contributed by atoms with Gasteiger partial charge in [0, 0.05) is 30.3 Å². The number of ketones is 1. The van der Waals surface area contributed by atoms with Crippen LogP contribution in [0.2, 0.25) is 0 Å². The molecule has 7 nitrogen and oxygen atoms in total. The number of likely N-dealkylation sites (tertiary alicyclic amines) is 1. The maximum atomic E-state index is 13.0. The van der Waals surface area contributed by atoms with Crippen LogP contribution in [0.3, 0.4) is 0 Å². The van der Waals surface area contributed by atoms with Gasteiger partial charge >= 0.3 is 6.03 Å². The Morgan fingerprint density at radius 1 is 1.24 bits per heavy atom. The lowest BCUT2D eigenvalue weighted by atomic mass is 9.88. The van der Waals surface area contributed by atoms with Gasteiger partial charge in [0.1, 0.15) is 17.4 Å². The first-order valence-electron chi connectivity index (χ1n) is 11.1. The second-order valence-electron chi connectivity index (χ2n) is 8.78. The Bertz CT molecular complexity index is 1130. The number of carbonyl (C=O) groups is 2. The van der Waals surface area contributed by atoms with Crippen molar-refractivity contribution in [1.29, 1.82) is 0 Å². The molecule has 3 aliphatic heterocycles. The summed E-state index contributed by atoms with van der Waals surface area (Å²) in [6.45, 7) is -0.170. The SMILES string of the molecule is O=C(Cc1cc2c(cn1)C(NC(=O)N1CC(F)(F)C1)=NC2)C[C@@H]1CCCOc2ccccc21. The lowest BCUT2D eigenvalue weighted by Gasteiger charge is -2.38. The Morgan fingerprint density at radius 2 is 2.06 bits per heavy atom. The lowest BCUT2D eigenvalue weighted by Crippen LogP contribution is -2.61. The van der Waals surface area contributed by atoms with Crippen molar-refractivity contribution in [3.63, 3.8) is 0 Å². The molecule has 2 amide bonds. The minimum atomic E-state index is -2.82. The first-order chi connectivity index (χ1) is 15.9. The molecule has 2 aromatic rings. The monoisotopic (exact) mass is 454 g/mol. The van der Waals surface area contributed by atoms with E-state index in [-0.39, 0.29) is 18.1 Å². The van der Waals surface area contributed by atoms with Crippen LogP contribution in [0, 0.1) is 0 Å². The van der Waals surface area contributed by atoms with Crippen molar-refractivity contribution in [3.05, 3.63) is 58.9 Å². The zero-order valence-electron chi connectivity index (χ0n) is 18.0. The van der Waals surface area contributed by atoms with Gasteiger partial charge in [0.25, 0.3) is 5.92 Å². The Kier molecular flexibility index (Phi) is 5.55. The standard InChI is InChI=1S/C24H24F2N4O3/c25-24(26)13-30(14-24)23(32)29-22-20-12-27-17(8-16(20)11-28-22)10-18(31)9-15-4-3-7-33-21-6-2-1-5-19(15)21/h1-2,5-6,8,12,15H,3-4,7,9-11,13-14H2,(H,28,29,32)/t15-/m0/s1. The number of pyridine rings is 1. The number of hydrogen-bond acceptors (Lipinski definition) is 5. The van der Waals surface area contributed by atoms with Gasteiger partial charge in [-0.05, 0) is 42.0 Å². The van der Waals surface area contributed by atoms with Crippen LogP contribution in [-0.4, -0.2) is 53.2 Å². The number of aromatic nitrogens is 1. The number of nitrogens with zero attached hydrogens (tertiary/aromatic N) is 3. The molecule has 4 heterocycles. The van der Waals surface area contributed by atoms with Gasteiger partial charge in [-0.2, -0.15) is 0 Å².